The number of rotatable bonds is 8. The van der Waals surface area contributed by atoms with Gasteiger partial charge in [-0.05, 0) is 37.1 Å². The van der Waals surface area contributed by atoms with Crippen molar-refractivity contribution in [2.24, 2.45) is 0 Å². The van der Waals surface area contributed by atoms with Crippen LogP contribution in [0.15, 0.2) is 47.4 Å². The summed E-state index contributed by atoms with van der Waals surface area (Å²) < 4.78 is 29.4. The molecule has 1 atom stereocenters. The van der Waals surface area contributed by atoms with Crippen molar-refractivity contribution in [2.75, 3.05) is 27.0 Å². The van der Waals surface area contributed by atoms with Gasteiger partial charge < -0.3 is 15.0 Å². The Kier molecular flexibility index (Phi) is 7.61. The molecule has 0 heterocycles. The molecular weight excluding hydrogens is 404 g/mol. The molecule has 0 aliphatic carbocycles. The Hall–Kier alpha value is -2.87. The maximum absolute atomic E-state index is 12.9. The van der Waals surface area contributed by atoms with E-state index in [1.54, 1.807) is 39.2 Å². The minimum atomic E-state index is -3.43. The summed E-state index contributed by atoms with van der Waals surface area (Å²) >= 11 is 0. The number of hydrogen-bond acceptors (Lipinski definition) is 5. The number of carbonyl (C=O) groups is 2. The van der Waals surface area contributed by atoms with Crippen LogP contribution in [0.2, 0.25) is 0 Å². The van der Waals surface area contributed by atoms with Crippen LogP contribution in [0.5, 0.6) is 5.75 Å². The SMILES string of the molecule is CCC(NC(=O)c1cc(S(C)(=O)=O)ccc1C)c1ccccc1OCC(=O)N(C)C. The van der Waals surface area contributed by atoms with Gasteiger partial charge in [-0.3, -0.25) is 9.59 Å². The van der Waals surface area contributed by atoms with Crippen molar-refractivity contribution in [3.05, 3.63) is 59.2 Å². The average Bonchev–Trinajstić information content (AvgIpc) is 2.69. The third-order valence-corrected chi connectivity index (χ3v) is 5.85. The van der Waals surface area contributed by atoms with Crippen LogP contribution in [0.1, 0.15) is 40.9 Å². The molecule has 8 heteroatoms. The summed E-state index contributed by atoms with van der Waals surface area (Å²) in [4.78, 5) is 26.3. The quantitative estimate of drug-likeness (QED) is 0.692. The number of nitrogens with zero attached hydrogens (tertiary/aromatic N) is 1. The van der Waals surface area contributed by atoms with Crippen LogP contribution in [0.4, 0.5) is 0 Å². The van der Waals surface area contributed by atoms with Gasteiger partial charge in [0.2, 0.25) is 0 Å². The number of likely N-dealkylation sites (N-methyl/N-ethyl adjacent to an activating group) is 1. The first-order chi connectivity index (χ1) is 14.0. The third-order valence-electron chi connectivity index (χ3n) is 4.74. The molecule has 0 fully saturated rings. The van der Waals surface area contributed by atoms with Crippen molar-refractivity contribution < 1.29 is 22.7 Å². The predicted octanol–water partition coefficient (Wildman–Crippen LogP) is 2.75. The summed E-state index contributed by atoms with van der Waals surface area (Å²) in [5.74, 6) is -0.0272. The van der Waals surface area contributed by atoms with Gasteiger partial charge in [-0.1, -0.05) is 31.2 Å². The zero-order valence-corrected chi connectivity index (χ0v) is 18.7. The largest absolute Gasteiger partial charge is 0.483 e. The number of aryl methyl sites for hydroxylation is 1. The third kappa shape index (κ3) is 5.82. The number of sulfone groups is 1. The van der Waals surface area contributed by atoms with Crippen LogP contribution in [0.25, 0.3) is 0 Å². The van der Waals surface area contributed by atoms with Crippen molar-refractivity contribution in [2.45, 2.75) is 31.2 Å². The molecule has 0 aromatic heterocycles. The lowest BCUT2D eigenvalue weighted by Gasteiger charge is -2.21. The lowest BCUT2D eigenvalue weighted by atomic mass is 10.0. The van der Waals surface area contributed by atoms with E-state index in [-0.39, 0.29) is 29.4 Å². The molecular formula is C22H28N2O5S. The minimum Gasteiger partial charge on any atom is -0.483 e. The zero-order valence-electron chi connectivity index (χ0n) is 17.9. The summed E-state index contributed by atoms with van der Waals surface area (Å²) in [5.41, 5.74) is 1.73. The standard InChI is InChI=1S/C22H28N2O5S/c1-6-19(17-9-7-8-10-20(17)29-14-21(25)24(3)4)23-22(26)18-13-16(30(5,27)28)12-11-15(18)2/h7-13,19H,6,14H2,1-5H3,(H,23,26). The van der Waals surface area contributed by atoms with Crippen LogP contribution in [0, 0.1) is 6.92 Å². The van der Waals surface area contributed by atoms with Crippen molar-refractivity contribution >= 4 is 21.7 Å². The highest BCUT2D eigenvalue weighted by Gasteiger charge is 2.21. The van der Waals surface area contributed by atoms with E-state index in [4.69, 9.17) is 4.74 Å². The van der Waals surface area contributed by atoms with Crippen LogP contribution in [0.3, 0.4) is 0 Å². The van der Waals surface area contributed by atoms with Gasteiger partial charge in [0.1, 0.15) is 5.75 Å². The number of hydrogen-bond donors (Lipinski definition) is 1. The number of nitrogens with one attached hydrogen (secondary N) is 1. The molecule has 7 nitrogen and oxygen atoms in total. The number of ether oxygens (including phenoxy) is 1. The fourth-order valence-corrected chi connectivity index (χ4v) is 3.53. The van der Waals surface area contributed by atoms with Gasteiger partial charge >= 0.3 is 0 Å². The van der Waals surface area contributed by atoms with E-state index in [2.05, 4.69) is 5.32 Å². The van der Waals surface area contributed by atoms with Gasteiger partial charge in [-0.15, -0.1) is 0 Å². The Bertz CT molecular complexity index is 1030. The highest BCUT2D eigenvalue weighted by atomic mass is 32.2. The molecule has 0 saturated carbocycles. The summed E-state index contributed by atoms with van der Waals surface area (Å²) in [6, 6.07) is 11.4. The minimum absolute atomic E-state index is 0.0947. The maximum atomic E-state index is 12.9. The fourth-order valence-electron chi connectivity index (χ4n) is 2.88. The molecule has 0 aliphatic rings. The Balaban J connectivity index is 2.28. The molecule has 0 spiro atoms. The van der Waals surface area contributed by atoms with Gasteiger partial charge in [0, 0.05) is 31.5 Å². The fraction of sp³-hybridized carbons (Fsp3) is 0.364. The van der Waals surface area contributed by atoms with Gasteiger partial charge in [0.25, 0.3) is 11.8 Å². The number of amides is 2. The van der Waals surface area contributed by atoms with Crippen LogP contribution >= 0.6 is 0 Å². The highest BCUT2D eigenvalue weighted by molar-refractivity contribution is 7.90. The molecule has 2 aromatic carbocycles. The first-order valence-corrected chi connectivity index (χ1v) is 11.5. The monoisotopic (exact) mass is 432 g/mol. The number of benzene rings is 2. The molecule has 1 unspecified atom stereocenters. The second kappa shape index (κ2) is 9.75. The van der Waals surface area contributed by atoms with E-state index in [0.29, 0.717) is 23.3 Å². The van der Waals surface area contributed by atoms with Crippen LogP contribution in [-0.4, -0.2) is 52.1 Å². The number of carbonyl (C=O) groups excluding carboxylic acids is 2. The van der Waals surface area contributed by atoms with Crippen LogP contribution in [-0.2, 0) is 14.6 Å². The van der Waals surface area contributed by atoms with E-state index >= 15 is 0 Å². The van der Waals surface area contributed by atoms with Crippen molar-refractivity contribution in [1.29, 1.82) is 0 Å². The lowest BCUT2D eigenvalue weighted by molar-refractivity contribution is -0.130. The van der Waals surface area contributed by atoms with Gasteiger partial charge in [-0.2, -0.15) is 0 Å². The van der Waals surface area contributed by atoms with E-state index in [0.717, 1.165) is 11.8 Å². The first-order valence-electron chi connectivity index (χ1n) is 9.58. The Morgan fingerprint density at radius 3 is 2.40 bits per heavy atom. The molecule has 1 N–H and O–H groups in total. The molecule has 162 valence electrons. The zero-order chi connectivity index (χ0) is 22.5. The Labute approximate surface area is 178 Å². The van der Waals surface area contributed by atoms with Crippen molar-refractivity contribution in [3.63, 3.8) is 0 Å². The van der Waals surface area contributed by atoms with Gasteiger partial charge in [-0.25, -0.2) is 8.42 Å². The number of para-hydroxylation sites is 1. The summed E-state index contributed by atoms with van der Waals surface area (Å²) in [6.07, 6.45) is 1.69. The van der Waals surface area contributed by atoms with Crippen molar-refractivity contribution in [1.82, 2.24) is 10.2 Å². The van der Waals surface area contributed by atoms with Gasteiger partial charge in [0.15, 0.2) is 16.4 Å². The molecule has 0 bridgehead atoms. The summed E-state index contributed by atoms with van der Waals surface area (Å²) in [5, 5.41) is 2.96. The second-order valence-corrected chi connectivity index (χ2v) is 9.31. The molecule has 0 saturated heterocycles. The smallest absolute Gasteiger partial charge is 0.259 e. The van der Waals surface area contributed by atoms with E-state index in [9.17, 15) is 18.0 Å². The van der Waals surface area contributed by atoms with Crippen molar-refractivity contribution in [3.8, 4) is 5.75 Å². The molecule has 0 aliphatic heterocycles. The van der Waals surface area contributed by atoms with Gasteiger partial charge in [0.05, 0.1) is 10.9 Å². The van der Waals surface area contributed by atoms with E-state index in [1.165, 1.54) is 17.0 Å². The lowest BCUT2D eigenvalue weighted by Crippen LogP contribution is -2.30. The molecule has 0 radical (unpaired) electrons. The van der Waals surface area contributed by atoms with Crippen LogP contribution < -0.4 is 10.1 Å². The topological polar surface area (TPSA) is 92.8 Å². The molecule has 2 amide bonds. The Morgan fingerprint density at radius 1 is 1.13 bits per heavy atom. The Morgan fingerprint density at radius 2 is 1.80 bits per heavy atom. The molecule has 2 rings (SSSR count). The first kappa shape index (κ1) is 23.4. The normalized spacial score (nSPS) is 12.2. The summed E-state index contributed by atoms with van der Waals surface area (Å²) in [6.45, 7) is 3.57. The maximum Gasteiger partial charge on any atom is 0.259 e. The predicted molar refractivity (Wildman–Crippen MR) is 115 cm³/mol. The average molecular weight is 433 g/mol. The second-order valence-electron chi connectivity index (χ2n) is 7.30. The van der Waals surface area contributed by atoms with E-state index in [1.807, 2.05) is 19.1 Å². The van der Waals surface area contributed by atoms with E-state index < -0.39 is 9.84 Å². The summed E-state index contributed by atoms with van der Waals surface area (Å²) in [7, 11) is -0.122. The highest BCUT2D eigenvalue weighted by Crippen LogP contribution is 2.28. The molecule has 30 heavy (non-hydrogen) atoms. The molecule has 2 aromatic rings.